The summed E-state index contributed by atoms with van der Waals surface area (Å²) in [5.41, 5.74) is 6.54. The Morgan fingerprint density at radius 2 is 1.45 bits per heavy atom. The van der Waals surface area contributed by atoms with Crippen LogP contribution in [0.3, 0.4) is 0 Å². The fraction of sp³-hybridized carbons (Fsp3) is 0.585. The quantitative estimate of drug-likeness (QED) is 0.275. The summed E-state index contributed by atoms with van der Waals surface area (Å²) in [6.07, 6.45) is 17.1. The number of sulfone groups is 1. The molecular weight excluding hydrogens is 601 g/mol. The molecule has 7 rings (SSSR count). The summed E-state index contributed by atoms with van der Waals surface area (Å²) in [5, 5.41) is 3.66. The fourth-order valence-electron chi connectivity index (χ4n) is 10.9. The summed E-state index contributed by atoms with van der Waals surface area (Å²) in [6, 6.07) is 18.3. The minimum absolute atomic E-state index is 0.0124. The van der Waals surface area contributed by atoms with E-state index in [1.54, 1.807) is 12.3 Å². The number of ether oxygens (including phenoxy) is 1. The molecule has 1 aromatic heterocycles. The molecule has 4 aliphatic rings. The minimum Gasteiger partial charge on any atom is -0.486 e. The third-order valence-electron chi connectivity index (χ3n) is 13.0. The number of aromatic nitrogens is 1. The van der Waals surface area contributed by atoms with Crippen molar-refractivity contribution in [3.63, 3.8) is 0 Å². The maximum atomic E-state index is 13.0. The topological polar surface area (TPSA) is 68.3 Å². The Morgan fingerprint density at radius 1 is 0.809 bits per heavy atom. The van der Waals surface area contributed by atoms with Crippen LogP contribution in [0.5, 0.6) is 5.75 Å². The predicted octanol–water partition coefficient (Wildman–Crippen LogP) is 9.11. The number of nitrogens with zero attached hydrogens (tertiary/aromatic N) is 1. The van der Waals surface area contributed by atoms with Crippen LogP contribution in [-0.4, -0.2) is 32.1 Å². The molecule has 0 bridgehead atoms. The van der Waals surface area contributed by atoms with Gasteiger partial charge in [-0.15, -0.1) is 0 Å². The van der Waals surface area contributed by atoms with E-state index in [1.165, 1.54) is 80.9 Å². The van der Waals surface area contributed by atoms with Gasteiger partial charge in [-0.2, -0.15) is 0 Å². The van der Waals surface area contributed by atoms with Crippen LogP contribution in [0.2, 0.25) is 0 Å². The van der Waals surface area contributed by atoms with Crippen LogP contribution >= 0.6 is 0 Å². The molecule has 0 atom stereocenters. The largest absolute Gasteiger partial charge is 0.486 e. The van der Waals surface area contributed by atoms with Gasteiger partial charge in [-0.05, 0) is 98.0 Å². The second-order valence-corrected chi connectivity index (χ2v) is 17.7. The Hall–Kier alpha value is -2.70. The average Bonchev–Trinajstić information content (AvgIpc) is 3.08. The lowest BCUT2D eigenvalue weighted by atomic mass is 9.40. The Morgan fingerprint density at radius 3 is 2.04 bits per heavy atom. The van der Waals surface area contributed by atoms with Crippen molar-refractivity contribution in [2.45, 2.75) is 120 Å². The van der Waals surface area contributed by atoms with Crippen LogP contribution < -0.4 is 10.1 Å². The molecule has 0 radical (unpaired) electrons. The number of hydrogen-bond donors (Lipinski definition) is 1. The zero-order valence-corrected chi connectivity index (χ0v) is 29.6. The minimum atomic E-state index is -3.34. The molecule has 1 saturated heterocycles. The zero-order chi connectivity index (χ0) is 32.7. The van der Waals surface area contributed by atoms with Gasteiger partial charge in [0, 0.05) is 35.4 Å². The van der Waals surface area contributed by atoms with Crippen molar-refractivity contribution in [1.29, 1.82) is 0 Å². The molecule has 0 unspecified atom stereocenters. The summed E-state index contributed by atoms with van der Waals surface area (Å²) in [7, 11) is -3.34. The highest BCUT2D eigenvalue weighted by molar-refractivity contribution is 7.89. The number of pyridine rings is 1. The predicted molar refractivity (Wildman–Crippen MR) is 191 cm³/mol. The van der Waals surface area contributed by atoms with E-state index in [2.05, 4.69) is 55.3 Å². The Labute approximate surface area is 283 Å². The van der Waals surface area contributed by atoms with E-state index < -0.39 is 9.84 Å². The van der Waals surface area contributed by atoms with Crippen LogP contribution in [0, 0.1) is 24.2 Å². The van der Waals surface area contributed by atoms with Gasteiger partial charge in [-0.25, -0.2) is 8.42 Å². The monoisotopic (exact) mass is 654 g/mol. The molecule has 3 aromatic rings. The number of fused-ring (bicyclic) bond motifs is 1. The average molecular weight is 655 g/mol. The zero-order valence-electron chi connectivity index (χ0n) is 28.8. The van der Waals surface area contributed by atoms with Gasteiger partial charge in [0.1, 0.15) is 11.4 Å². The highest BCUT2D eigenvalue weighted by Crippen LogP contribution is 2.69. The van der Waals surface area contributed by atoms with Gasteiger partial charge in [0.25, 0.3) is 0 Å². The lowest BCUT2D eigenvalue weighted by Crippen LogP contribution is -2.70. The van der Waals surface area contributed by atoms with Crippen molar-refractivity contribution in [2.75, 3.05) is 13.1 Å². The molecule has 5 nitrogen and oxygen atoms in total. The van der Waals surface area contributed by atoms with E-state index in [0.29, 0.717) is 17.5 Å². The number of benzene rings is 2. The molecule has 3 fully saturated rings. The molecule has 1 spiro atoms. The summed E-state index contributed by atoms with van der Waals surface area (Å²) in [4.78, 5) is 4.23. The van der Waals surface area contributed by atoms with Crippen LogP contribution in [-0.2, 0) is 26.8 Å². The van der Waals surface area contributed by atoms with E-state index in [0.717, 1.165) is 42.8 Å². The van der Waals surface area contributed by atoms with Gasteiger partial charge < -0.3 is 10.1 Å². The summed E-state index contributed by atoms with van der Waals surface area (Å²) in [6.45, 7) is 9.61. The third kappa shape index (κ3) is 5.75. The standard InChI is InChI=1S/C41H54N2O3S/c1-30-36(32-19-17-31(18-20-32)28-47(44,45)29-35-16-10-11-25-43-35)21-22-37-38(30)41(33-12-6-4-7-13-33,34-14-8-5-9-15-34)39(2,3)40(46-37)23-26-42-27-24-40/h10-11,16-22,25,33-34,42H,4-9,12-15,23-24,26-29H2,1-3H3. The maximum Gasteiger partial charge on any atom is 0.160 e. The van der Waals surface area contributed by atoms with E-state index in [9.17, 15) is 8.42 Å². The van der Waals surface area contributed by atoms with Gasteiger partial charge in [-0.1, -0.05) is 88.8 Å². The molecule has 6 heteroatoms. The lowest BCUT2D eigenvalue weighted by molar-refractivity contribution is -0.167. The SMILES string of the molecule is Cc1c(-c2ccc(CS(=O)(=O)Cc3ccccn3)cc2)ccc2c1C(C1CCCCC1)(C1CCCCC1)C(C)(C)C1(CCNCC1)O2. The molecule has 1 N–H and O–H groups in total. The van der Waals surface area contributed by atoms with Crippen molar-refractivity contribution in [3.05, 3.63) is 83.2 Å². The van der Waals surface area contributed by atoms with Crippen LogP contribution in [0.4, 0.5) is 0 Å². The van der Waals surface area contributed by atoms with Crippen LogP contribution in [0.1, 0.15) is 113 Å². The van der Waals surface area contributed by atoms with E-state index in [1.807, 2.05) is 24.3 Å². The van der Waals surface area contributed by atoms with E-state index in [4.69, 9.17) is 4.74 Å². The van der Waals surface area contributed by atoms with Gasteiger partial charge >= 0.3 is 0 Å². The molecular formula is C41H54N2O3S. The van der Waals surface area contributed by atoms with Gasteiger partial charge in [0.15, 0.2) is 9.84 Å². The van der Waals surface area contributed by atoms with Gasteiger partial charge in [0.2, 0.25) is 0 Å². The fourth-order valence-corrected chi connectivity index (χ4v) is 12.3. The van der Waals surface area contributed by atoms with Crippen molar-refractivity contribution in [2.24, 2.45) is 17.3 Å². The Balaban J connectivity index is 1.32. The molecule has 47 heavy (non-hydrogen) atoms. The molecule has 2 aliphatic heterocycles. The van der Waals surface area contributed by atoms with E-state index >= 15 is 0 Å². The summed E-state index contributed by atoms with van der Waals surface area (Å²) >= 11 is 0. The molecule has 2 saturated carbocycles. The van der Waals surface area contributed by atoms with Crippen molar-refractivity contribution >= 4 is 9.84 Å². The van der Waals surface area contributed by atoms with Crippen molar-refractivity contribution < 1.29 is 13.2 Å². The van der Waals surface area contributed by atoms with E-state index in [-0.39, 0.29) is 27.9 Å². The number of rotatable bonds is 7. The van der Waals surface area contributed by atoms with Crippen LogP contribution in [0.25, 0.3) is 11.1 Å². The molecule has 2 aliphatic carbocycles. The lowest BCUT2D eigenvalue weighted by Gasteiger charge is -2.68. The first-order chi connectivity index (χ1) is 22.7. The highest BCUT2D eigenvalue weighted by Gasteiger charge is 2.68. The van der Waals surface area contributed by atoms with Crippen molar-refractivity contribution in [1.82, 2.24) is 10.3 Å². The smallest absolute Gasteiger partial charge is 0.160 e. The number of piperidine rings is 1. The van der Waals surface area contributed by atoms with Gasteiger partial charge in [0.05, 0.1) is 17.2 Å². The molecule has 0 amide bonds. The second kappa shape index (κ2) is 13.0. The maximum absolute atomic E-state index is 13.0. The summed E-state index contributed by atoms with van der Waals surface area (Å²) in [5.74, 6) is 2.42. The molecule has 2 aromatic carbocycles. The highest BCUT2D eigenvalue weighted by atomic mass is 32.2. The Bertz CT molecular complexity index is 1630. The summed E-state index contributed by atoms with van der Waals surface area (Å²) < 4.78 is 33.5. The first-order valence-corrected chi connectivity index (χ1v) is 20.2. The van der Waals surface area contributed by atoms with Gasteiger partial charge in [-0.3, -0.25) is 4.98 Å². The third-order valence-corrected chi connectivity index (χ3v) is 14.5. The second-order valence-electron chi connectivity index (χ2n) is 15.7. The normalized spacial score (nSPS) is 22.8. The van der Waals surface area contributed by atoms with Crippen LogP contribution in [0.15, 0.2) is 60.8 Å². The first-order valence-electron chi connectivity index (χ1n) is 18.4. The van der Waals surface area contributed by atoms with Crippen molar-refractivity contribution in [3.8, 4) is 16.9 Å². The number of hydrogen-bond acceptors (Lipinski definition) is 5. The molecule has 3 heterocycles. The number of nitrogens with one attached hydrogen (secondary N) is 1. The molecule has 252 valence electrons. The first kappa shape index (κ1) is 32.8. The Kier molecular flexibility index (Phi) is 9.06.